The molecule has 0 amide bonds. The van der Waals surface area contributed by atoms with Crippen molar-refractivity contribution in [2.24, 2.45) is 17.3 Å². The maximum absolute atomic E-state index is 5.29. The van der Waals surface area contributed by atoms with Crippen LogP contribution in [0.5, 0.6) is 11.5 Å². The highest BCUT2D eigenvalue weighted by atomic mass is 16.5. The molecule has 0 aliphatic heterocycles. The largest absolute Gasteiger partial charge is 0.494 e. The lowest BCUT2D eigenvalue weighted by Crippen LogP contribution is -1.91. The van der Waals surface area contributed by atoms with Crippen LogP contribution in [0.4, 0.5) is 11.4 Å². The molecule has 6 nitrogen and oxygen atoms in total. The summed E-state index contributed by atoms with van der Waals surface area (Å²) in [7, 11) is 5.06. The quantitative estimate of drug-likeness (QED) is 0.802. The summed E-state index contributed by atoms with van der Waals surface area (Å²) in [5.41, 5.74) is 3.13. The van der Waals surface area contributed by atoms with Gasteiger partial charge in [0.1, 0.15) is 17.2 Å². The number of rotatable bonds is 4. The van der Waals surface area contributed by atoms with Crippen molar-refractivity contribution in [2.75, 3.05) is 14.2 Å². The second-order valence-corrected chi connectivity index (χ2v) is 4.35. The molecule has 0 fully saturated rings. The Bertz CT molecular complexity index is 625. The first-order valence-electron chi connectivity index (χ1n) is 6.21. The number of methoxy groups -OCH3 is 2. The minimum absolute atomic E-state index is 0.570. The van der Waals surface area contributed by atoms with Crippen LogP contribution >= 0.6 is 0 Å². The number of nitrogens with zero attached hydrogens (tertiary/aromatic N) is 4. The lowest BCUT2D eigenvalue weighted by molar-refractivity contribution is 0.396. The minimum atomic E-state index is 0.570. The van der Waals surface area contributed by atoms with Gasteiger partial charge in [0.2, 0.25) is 0 Å². The van der Waals surface area contributed by atoms with Crippen LogP contribution in [0.25, 0.3) is 0 Å². The van der Waals surface area contributed by atoms with Gasteiger partial charge in [-0.05, 0) is 26.0 Å². The summed E-state index contributed by atoms with van der Waals surface area (Å²) < 4.78 is 12.4. The standard InChI is InChI=1S/C14H18N4O2/c1-9-13(10(2)18(3)17-9)15-16-14-11(19-4)7-6-8-12(14)20-5/h6-8H,1-5H3. The molecule has 1 aromatic heterocycles. The normalized spacial score (nSPS) is 11.1. The lowest BCUT2D eigenvalue weighted by atomic mass is 10.3. The second kappa shape index (κ2) is 5.73. The third-order valence-corrected chi connectivity index (χ3v) is 3.12. The van der Waals surface area contributed by atoms with Crippen LogP contribution in [-0.4, -0.2) is 24.0 Å². The molecule has 2 rings (SSSR count). The van der Waals surface area contributed by atoms with Gasteiger partial charge in [-0.2, -0.15) is 5.10 Å². The Hall–Kier alpha value is -2.37. The molecule has 106 valence electrons. The van der Waals surface area contributed by atoms with E-state index < -0.39 is 0 Å². The van der Waals surface area contributed by atoms with Gasteiger partial charge in [0, 0.05) is 7.05 Å². The Morgan fingerprint density at radius 1 is 1.00 bits per heavy atom. The number of ether oxygens (including phenoxy) is 2. The van der Waals surface area contributed by atoms with Crippen molar-refractivity contribution in [3.8, 4) is 11.5 Å². The van der Waals surface area contributed by atoms with Gasteiger partial charge in [-0.3, -0.25) is 4.68 Å². The van der Waals surface area contributed by atoms with E-state index in [0.717, 1.165) is 17.1 Å². The molecule has 0 atom stereocenters. The lowest BCUT2D eigenvalue weighted by Gasteiger charge is -2.07. The fourth-order valence-corrected chi connectivity index (χ4v) is 1.94. The Balaban J connectivity index is 2.46. The third-order valence-electron chi connectivity index (χ3n) is 3.12. The van der Waals surface area contributed by atoms with Gasteiger partial charge in [-0.15, -0.1) is 10.2 Å². The van der Waals surface area contributed by atoms with Crippen molar-refractivity contribution in [3.05, 3.63) is 29.6 Å². The molecule has 1 heterocycles. The molecule has 0 unspecified atom stereocenters. The number of benzene rings is 1. The highest BCUT2D eigenvalue weighted by Crippen LogP contribution is 2.38. The van der Waals surface area contributed by atoms with Crippen molar-refractivity contribution in [1.29, 1.82) is 0 Å². The molecule has 0 spiro atoms. The van der Waals surface area contributed by atoms with Crippen molar-refractivity contribution >= 4 is 11.4 Å². The van der Waals surface area contributed by atoms with Gasteiger partial charge in [-0.25, -0.2) is 0 Å². The SMILES string of the molecule is COc1cccc(OC)c1N=Nc1c(C)nn(C)c1C. The number of hydrogen-bond acceptors (Lipinski definition) is 5. The van der Waals surface area contributed by atoms with Gasteiger partial charge < -0.3 is 9.47 Å². The van der Waals surface area contributed by atoms with Gasteiger partial charge in [-0.1, -0.05) is 6.07 Å². The van der Waals surface area contributed by atoms with Crippen LogP contribution in [0.15, 0.2) is 28.4 Å². The number of aryl methyl sites for hydroxylation is 2. The van der Waals surface area contributed by atoms with E-state index in [1.807, 2.05) is 39.1 Å². The van der Waals surface area contributed by atoms with Crippen LogP contribution in [0.2, 0.25) is 0 Å². The van der Waals surface area contributed by atoms with E-state index in [1.54, 1.807) is 18.9 Å². The molecule has 0 saturated heterocycles. The summed E-state index contributed by atoms with van der Waals surface area (Å²) in [5, 5.41) is 12.9. The molecular weight excluding hydrogens is 256 g/mol. The van der Waals surface area contributed by atoms with Gasteiger partial charge in [0.05, 0.1) is 25.6 Å². The zero-order valence-corrected chi connectivity index (χ0v) is 12.3. The van der Waals surface area contributed by atoms with Gasteiger partial charge in [0.25, 0.3) is 0 Å². The van der Waals surface area contributed by atoms with E-state index >= 15 is 0 Å². The first-order valence-corrected chi connectivity index (χ1v) is 6.21. The van der Waals surface area contributed by atoms with Crippen molar-refractivity contribution in [2.45, 2.75) is 13.8 Å². The second-order valence-electron chi connectivity index (χ2n) is 4.35. The Morgan fingerprint density at radius 2 is 1.55 bits per heavy atom. The molecule has 2 aromatic rings. The molecule has 0 aliphatic rings. The summed E-state index contributed by atoms with van der Waals surface area (Å²) in [6.07, 6.45) is 0. The van der Waals surface area contributed by atoms with Crippen LogP contribution in [0.3, 0.4) is 0 Å². The van der Waals surface area contributed by atoms with Crippen molar-refractivity contribution in [1.82, 2.24) is 9.78 Å². The number of azo groups is 1. The van der Waals surface area contributed by atoms with Crippen LogP contribution in [0.1, 0.15) is 11.4 Å². The molecule has 0 bridgehead atoms. The summed E-state index contributed by atoms with van der Waals surface area (Å²) in [6, 6.07) is 5.48. The molecule has 0 saturated carbocycles. The van der Waals surface area contributed by atoms with E-state index in [2.05, 4.69) is 15.3 Å². The average Bonchev–Trinajstić information content (AvgIpc) is 2.69. The summed E-state index contributed by atoms with van der Waals surface area (Å²) >= 11 is 0. The van der Waals surface area contributed by atoms with E-state index in [-0.39, 0.29) is 0 Å². The highest BCUT2D eigenvalue weighted by molar-refractivity contribution is 5.62. The number of aromatic nitrogens is 2. The van der Waals surface area contributed by atoms with E-state index in [1.165, 1.54) is 0 Å². The summed E-state index contributed by atoms with van der Waals surface area (Å²) in [4.78, 5) is 0. The fraction of sp³-hybridized carbons (Fsp3) is 0.357. The topological polar surface area (TPSA) is 61.0 Å². The zero-order chi connectivity index (χ0) is 14.7. The summed E-state index contributed by atoms with van der Waals surface area (Å²) in [6.45, 7) is 3.86. The molecule has 0 aliphatic carbocycles. The van der Waals surface area contributed by atoms with Gasteiger partial charge in [0.15, 0.2) is 5.69 Å². The van der Waals surface area contributed by atoms with Crippen LogP contribution in [0, 0.1) is 13.8 Å². The van der Waals surface area contributed by atoms with E-state index in [0.29, 0.717) is 17.2 Å². The predicted molar refractivity (Wildman–Crippen MR) is 76.4 cm³/mol. The van der Waals surface area contributed by atoms with Crippen LogP contribution < -0.4 is 9.47 Å². The molecule has 20 heavy (non-hydrogen) atoms. The van der Waals surface area contributed by atoms with Gasteiger partial charge >= 0.3 is 0 Å². The molecule has 1 aromatic carbocycles. The van der Waals surface area contributed by atoms with E-state index in [4.69, 9.17) is 9.47 Å². The Kier molecular flexibility index (Phi) is 4.02. The smallest absolute Gasteiger partial charge is 0.169 e. The summed E-state index contributed by atoms with van der Waals surface area (Å²) in [5.74, 6) is 1.24. The zero-order valence-electron chi connectivity index (χ0n) is 12.3. The fourth-order valence-electron chi connectivity index (χ4n) is 1.94. The van der Waals surface area contributed by atoms with E-state index in [9.17, 15) is 0 Å². The molecule has 0 radical (unpaired) electrons. The van der Waals surface area contributed by atoms with Crippen molar-refractivity contribution < 1.29 is 9.47 Å². The maximum atomic E-state index is 5.29. The Morgan fingerprint density at radius 3 is 2.00 bits per heavy atom. The minimum Gasteiger partial charge on any atom is -0.494 e. The third kappa shape index (κ3) is 2.49. The first kappa shape index (κ1) is 14.0. The molecule has 0 N–H and O–H groups in total. The Labute approximate surface area is 118 Å². The number of hydrogen-bond donors (Lipinski definition) is 0. The monoisotopic (exact) mass is 274 g/mol. The predicted octanol–water partition coefficient (Wildman–Crippen LogP) is 3.47. The van der Waals surface area contributed by atoms with Crippen molar-refractivity contribution in [3.63, 3.8) is 0 Å². The molecule has 6 heteroatoms. The average molecular weight is 274 g/mol. The maximum Gasteiger partial charge on any atom is 0.169 e. The first-order chi connectivity index (χ1) is 9.58. The van der Waals surface area contributed by atoms with Crippen LogP contribution in [-0.2, 0) is 7.05 Å². The molecular formula is C14H18N4O2. The highest BCUT2D eigenvalue weighted by Gasteiger charge is 2.11.